The Balaban J connectivity index is 1.25. The summed E-state index contributed by atoms with van der Waals surface area (Å²) in [5.41, 5.74) is 0.895. The first kappa shape index (κ1) is 29.3. The Morgan fingerprint density at radius 1 is 1.25 bits per heavy atom. The van der Waals surface area contributed by atoms with Gasteiger partial charge in [-0.05, 0) is 96.7 Å². The summed E-state index contributed by atoms with van der Waals surface area (Å²) in [5.74, 6) is -1.32. The van der Waals surface area contributed by atoms with Crippen LogP contribution < -0.4 is 0 Å². The zero-order chi connectivity index (χ0) is 31.0. The molecule has 4 aliphatic rings. The second kappa shape index (κ2) is 10.3. The van der Waals surface area contributed by atoms with Crippen molar-refractivity contribution in [2.75, 3.05) is 6.01 Å². The standard InChI is InChI=1S/C32H34F2N4O5S/c1-17-8-20-21-6-7-32(29(41)44-15-33,43-28(40)23-14-42-16-36-23)31(21,3)11-25(39)27(20)30(2)10-18-12-37-38(24(18)9-22(17)30)19-4-5-26(34)35-13-19/h4-5,9,12-14,16-17,20-21,25,27,39H,6-8,10-11,15H2,1-3H3/t17-,20-,21-,25-,27+,30-,31-,32-/m0/s1. The van der Waals surface area contributed by atoms with Gasteiger partial charge in [0.15, 0.2) is 17.7 Å². The van der Waals surface area contributed by atoms with Crippen LogP contribution in [0.4, 0.5) is 8.78 Å². The van der Waals surface area contributed by atoms with Crippen LogP contribution in [0.1, 0.15) is 68.2 Å². The number of pyridine rings is 1. The maximum absolute atomic E-state index is 13.7. The number of fused-ring (bicyclic) bond motifs is 6. The van der Waals surface area contributed by atoms with Gasteiger partial charge in [-0.2, -0.15) is 9.49 Å². The Hall–Kier alpha value is -3.38. The monoisotopic (exact) mass is 624 g/mol. The summed E-state index contributed by atoms with van der Waals surface area (Å²) in [5, 5.41) is 16.2. The third-order valence-corrected chi connectivity index (χ3v) is 11.9. The highest BCUT2D eigenvalue weighted by Crippen LogP contribution is 2.69. The van der Waals surface area contributed by atoms with E-state index in [1.165, 1.54) is 17.8 Å². The molecule has 3 aromatic heterocycles. The van der Waals surface area contributed by atoms with Crippen molar-refractivity contribution in [2.45, 2.75) is 64.6 Å². The number of carbonyl (C=O) groups excluding carboxylic acids is 2. The van der Waals surface area contributed by atoms with Crippen LogP contribution in [0, 0.1) is 40.4 Å². The number of rotatable bonds is 5. The molecule has 44 heavy (non-hydrogen) atoms. The van der Waals surface area contributed by atoms with Gasteiger partial charge >= 0.3 is 5.97 Å². The number of aromatic nitrogens is 4. The summed E-state index contributed by atoms with van der Waals surface area (Å²) in [6.07, 6.45) is 9.48. The van der Waals surface area contributed by atoms with Crippen LogP contribution in [-0.4, -0.2) is 53.7 Å². The molecule has 0 unspecified atom stereocenters. The number of halogens is 2. The first-order chi connectivity index (χ1) is 21.0. The van der Waals surface area contributed by atoms with E-state index in [2.05, 4.69) is 35.0 Å². The molecule has 1 N–H and O–H groups in total. The summed E-state index contributed by atoms with van der Waals surface area (Å²) in [4.78, 5) is 34.6. The van der Waals surface area contributed by atoms with Crippen LogP contribution in [-0.2, 0) is 16.0 Å². The first-order valence-electron chi connectivity index (χ1n) is 15.0. The van der Waals surface area contributed by atoms with Crippen molar-refractivity contribution < 1.29 is 32.6 Å². The molecule has 0 amide bonds. The Morgan fingerprint density at radius 2 is 2.07 bits per heavy atom. The fourth-order valence-corrected chi connectivity index (χ4v) is 10.3. The lowest BCUT2D eigenvalue weighted by Crippen LogP contribution is -2.63. The molecule has 0 radical (unpaired) electrons. The van der Waals surface area contributed by atoms with Crippen molar-refractivity contribution >= 4 is 28.9 Å². The molecular formula is C32H34F2N4O5S. The molecule has 0 bridgehead atoms. The van der Waals surface area contributed by atoms with E-state index in [4.69, 9.17) is 9.15 Å². The van der Waals surface area contributed by atoms with Crippen LogP contribution in [0.2, 0.25) is 0 Å². The summed E-state index contributed by atoms with van der Waals surface area (Å²) >= 11 is 0.511. The molecule has 12 heteroatoms. The fourth-order valence-electron chi connectivity index (χ4n) is 9.55. The molecule has 3 fully saturated rings. The van der Waals surface area contributed by atoms with E-state index in [1.807, 2.05) is 13.1 Å². The van der Waals surface area contributed by atoms with Crippen LogP contribution >= 0.6 is 11.8 Å². The van der Waals surface area contributed by atoms with E-state index >= 15 is 0 Å². The number of alkyl halides is 1. The number of aliphatic hydroxyl groups is 1. The van der Waals surface area contributed by atoms with Crippen LogP contribution in [0.15, 0.2) is 47.2 Å². The van der Waals surface area contributed by atoms with Crippen molar-refractivity contribution in [1.82, 2.24) is 19.7 Å². The summed E-state index contributed by atoms with van der Waals surface area (Å²) in [6.45, 7) is 6.34. The molecule has 8 atom stereocenters. The highest BCUT2D eigenvalue weighted by Gasteiger charge is 2.71. The van der Waals surface area contributed by atoms with Crippen LogP contribution in [0.25, 0.3) is 11.8 Å². The maximum Gasteiger partial charge on any atom is 0.361 e. The Labute approximate surface area is 257 Å². The average Bonchev–Trinajstić information content (AvgIpc) is 3.71. The highest BCUT2D eigenvalue weighted by atomic mass is 32.2. The second-order valence-corrected chi connectivity index (χ2v) is 14.2. The normalized spacial score (nSPS) is 35.6. The van der Waals surface area contributed by atoms with E-state index in [-0.39, 0.29) is 47.6 Å². The van der Waals surface area contributed by atoms with Crippen molar-refractivity contribution in [3.63, 3.8) is 0 Å². The smallest absolute Gasteiger partial charge is 0.361 e. The van der Waals surface area contributed by atoms with E-state index in [0.717, 1.165) is 30.3 Å². The summed E-state index contributed by atoms with van der Waals surface area (Å²) in [6, 6.07) is 2.02. The third kappa shape index (κ3) is 4.09. The highest BCUT2D eigenvalue weighted by molar-refractivity contribution is 8.13. The molecular weight excluding hydrogens is 590 g/mol. The molecule has 7 rings (SSSR count). The van der Waals surface area contributed by atoms with Gasteiger partial charge in [0.05, 0.1) is 29.9 Å². The summed E-state index contributed by atoms with van der Waals surface area (Å²) < 4.78 is 39.9. The molecule has 3 saturated carbocycles. The van der Waals surface area contributed by atoms with E-state index in [0.29, 0.717) is 30.3 Å². The first-order valence-corrected chi connectivity index (χ1v) is 15.9. The molecule has 0 aromatic carbocycles. The minimum Gasteiger partial charge on any atom is -0.451 e. The van der Waals surface area contributed by atoms with Crippen molar-refractivity contribution in [3.05, 3.63) is 65.7 Å². The number of nitrogens with zero attached hydrogens (tertiary/aromatic N) is 4. The van der Waals surface area contributed by atoms with Crippen molar-refractivity contribution in [1.29, 1.82) is 0 Å². The Morgan fingerprint density at radius 3 is 2.77 bits per heavy atom. The number of hydrogen-bond acceptors (Lipinski definition) is 9. The van der Waals surface area contributed by atoms with E-state index < -0.39 is 40.2 Å². The lowest BCUT2D eigenvalue weighted by atomic mass is 9.44. The SMILES string of the molecule is C[C@H]1C[C@@H]2[C@H]([C@@H](O)C[C@@]3(C)[C@H]2CC[C@]3(OC(=O)c2cocn2)C(=O)SCF)[C@@]2(C)Cc3cnn(-c4ccc(F)nc4)c3C=C12. The third-order valence-electron chi connectivity index (χ3n) is 11.2. The van der Waals surface area contributed by atoms with Gasteiger partial charge in [0.25, 0.3) is 0 Å². The van der Waals surface area contributed by atoms with Gasteiger partial charge in [-0.1, -0.05) is 26.3 Å². The van der Waals surface area contributed by atoms with Gasteiger partial charge < -0.3 is 14.3 Å². The van der Waals surface area contributed by atoms with Gasteiger partial charge in [-0.3, -0.25) is 4.79 Å². The zero-order valence-electron chi connectivity index (χ0n) is 24.7. The van der Waals surface area contributed by atoms with Crippen LogP contribution in [0.5, 0.6) is 0 Å². The topological polar surface area (TPSA) is 120 Å². The van der Waals surface area contributed by atoms with Gasteiger partial charge in [-0.15, -0.1) is 0 Å². The minimum atomic E-state index is -1.61. The number of hydrogen-bond donors (Lipinski definition) is 1. The van der Waals surface area contributed by atoms with Gasteiger partial charge in [0.1, 0.15) is 12.3 Å². The van der Waals surface area contributed by atoms with Crippen LogP contribution in [0.3, 0.4) is 0 Å². The summed E-state index contributed by atoms with van der Waals surface area (Å²) in [7, 11) is 0. The number of aliphatic hydroxyl groups excluding tert-OH is 1. The molecule has 232 valence electrons. The molecule has 0 aliphatic heterocycles. The van der Waals surface area contributed by atoms with Crippen molar-refractivity contribution in [3.8, 4) is 5.69 Å². The van der Waals surface area contributed by atoms with Gasteiger partial charge in [-0.25, -0.2) is 23.8 Å². The number of oxazole rings is 1. The molecule has 4 aliphatic carbocycles. The van der Waals surface area contributed by atoms with E-state index in [9.17, 15) is 23.5 Å². The molecule has 3 aromatic rings. The lowest BCUT2D eigenvalue weighted by Gasteiger charge is -2.61. The predicted octanol–water partition coefficient (Wildman–Crippen LogP) is 5.58. The average molecular weight is 625 g/mol. The molecule has 0 spiro atoms. The van der Waals surface area contributed by atoms with Crippen molar-refractivity contribution in [2.24, 2.45) is 34.5 Å². The predicted molar refractivity (Wildman–Crippen MR) is 157 cm³/mol. The van der Waals surface area contributed by atoms with Gasteiger partial charge in [0, 0.05) is 5.41 Å². The Kier molecular flexibility index (Phi) is 6.89. The number of carbonyl (C=O) groups is 2. The van der Waals surface area contributed by atoms with E-state index in [1.54, 1.807) is 10.7 Å². The second-order valence-electron chi connectivity index (χ2n) is 13.3. The molecule has 9 nitrogen and oxygen atoms in total. The Bertz CT molecular complexity index is 1640. The number of thioether (sulfide) groups is 1. The minimum absolute atomic E-state index is 0.0367. The molecule has 3 heterocycles. The number of allylic oxidation sites excluding steroid dienone is 1. The van der Waals surface area contributed by atoms with Gasteiger partial charge in [0.2, 0.25) is 11.1 Å². The quantitative estimate of drug-likeness (QED) is 0.287. The zero-order valence-corrected chi connectivity index (χ0v) is 25.5. The maximum atomic E-state index is 13.7. The fraction of sp³-hybridized carbons (Fsp3) is 0.531. The molecule has 0 saturated heterocycles. The lowest BCUT2D eigenvalue weighted by molar-refractivity contribution is -0.177. The number of ether oxygens (including phenoxy) is 1. The number of esters is 1. The largest absolute Gasteiger partial charge is 0.451 e.